The van der Waals surface area contributed by atoms with Gasteiger partial charge in [0, 0.05) is 6.07 Å². The summed E-state index contributed by atoms with van der Waals surface area (Å²) in [6.45, 7) is 3.28. The molecule has 1 atom stereocenters. The number of anilines is 1. The summed E-state index contributed by atoms with van der Waals surface area (Å²) < 4.78 is 9.46. The van der Waals surface area contributed by atoms with Crippen molar-refractivity contribution in [2.24, 2.45) is 5.16 Å². The Morgan fingerprint density at radius 3 is 2.62 bits per heavy atom. The third kappa shape index (κ3) is 4.67. The minimum absolute atomic E-state index is 0.315. The summed E-state index contributed by atoms with van der Waals surface area (Å²) in [4.78, 5) is 28.3. The quantitative estimate of drug-likeness (QED) is 0.494. The molecule has 126 valence electrons. The van der Waals surface area contributed by atoms with Gasteiger partial charge in [0.25, 0.3) is 5.91 Å². The lowest BCUT2D eigenvalue weighted by Gasteiger charge is -2.08. The molecule has 0 aliphatic rings. The van der Waals surface area contributed by atoms with Crippen LogP contribution in [0.15, 0.2) is 40.0 Å². The van der Waals surface area contributed by atoms with Crippen LogP contribution in [0.2, 0.25) is 0 Å². The molecule has 1 unspecified atom stereocenters. The SMILES string of the molecule is COC(=O)c1ccc(/C=N/OC(C)C(=O)Nc2cc(C)on2)cc1. The Kier molecular flexibility index (Phi) is 5.67. The number of oxime groups is 1. The number of carbonyl (C=O) groups is 2. The van der Waals surface area contributed by atoms with E-state index in [1.807, 2.05) is 0 Å². The molecule has 1 aromatic carbocycles. The van der Waals surface area contributed by atoms with Crippen molar-refractivity contribution < 1.29 is 23.7 Å². The third-order valence-corrected chi connectivity index (χ3v) is 3.00. The van der Waals surface area contributed by atoms with Crippen LogP contribution in [-0.4, -0.2) is 36.5 Å². The highest BCUT2D eigenvalue weighted by molar-refractivity contribution is 5.93. The molecule has 1 aromatic heterocycles. The van der Waals surface area contributed by atoms with Gasteiger partial charge in [0.15, 0.2) is 5.82 Å². The number of aryl methyl sites for hydroxylation is 1. The molecule has 8 heteroatoms. The Morgan fingerprint density at radius 2 is 2.04 bits per heavy atom. The van der Waals surface area contributed by atoms with Crippen LogP contribution < -0.4 is 5.32 Å². The molecule has 0 spiro atoms. The van der Waals surface area contributed by atoms with E-state index in [0.717, 1.165) is 0 Å². The van der Waals surface area contributed by atoms with Crippen molar-refractivity contribution in [3.05, 3.63) is 47.2 Å². The van der Waals surface area contributed by atoms with Crippen LogP contribution in [0.25, 0.3) is 0 Å². The molecule has 0 fully saturated rings. The fourth-order valence-electron chi connectivity index (χ4n) is 1.71. The number of carbonyl (C=O) groups excluding carboxylic acids is 2. The molecule has 1 N–H and O–H groups in total. The van der Waals surface area contributed by atoms with Crippen LogP contribution in [0, 0.1) is 6.92 Å². The van der Waals surface area contributed by atoms with Gasteiger partial charge in [0.2, 0.25) is 6.10 Å². The van der Waals surface area contributed by atoms with Gasteiger partial charge in [-0.2, -0.15) is 0 Å². The summed E-state index contributed by atoms with van der Waals surface area (Å²) in [7, 11) is 1.32. The van der Waals surface area contributed by atoms with Crippen LogP contribution in [0.4, 0.5) is 5.82 Å². The van der Waals surface area contributed by atoms with Gasteiger partial charge in [-0.15, -0.1) is 0 Å². The van der Waals surface area contributed by atoms with Gasteiger partial charge in [0.05, 0.1) is 18.9 Å². The standard InChI is InChI=1S/C16H17N3O5/c1-10-8-14(19-23-10)18-15(20)11(2)24-17-9-12-4-6-13(7-5-12)16(21)22-3/h4-9,11H,1-3H3,(H,18,19,20)/b17-9+. The number of nitrogens with one attached hydrogen (secondary N) is 1. The first-order valence-corrected chi connectivity index (χ1v) is 7.11. The van der Waals surface area contributed by atoms with Crippen molar-refractivity contribution >= 4 is 23.9 Å². The van der Waals surface area contributed by atoms with Gasteiger partial charge >= 0.3 is 5.97 Å². The number of hydrogen-bond donors (Lipinski definition) is 1. The average molecular weight is 331 g/mol. The van der Waals surface area contributed by atoms with Crippen molar-refractivity contribution in [2.45, 2.75) is 20.0 Å². The highest BCUT2D eigenvalue weighted by Crippen LogP contribution is 2.08. The maximum Gasteiger partial charge on any atom is 0.337 e. The maximum absolute atomic E-state index is 11.9. The van der Waals surface area contributed by atoms with Crippen LogP contribution in [0.1, 0.15) is 28.6 Å². The Balaban J connectivity index is 1.86. The molecule has 2 rings (SSSR count). The Bertz CT molecular complexity index is 736. The van der Waals surface area contributed by atoms with Gasteiger partial charge in [-0.3, -0.25) is 4.79 Å². The number of aromatic nitrogens is 1. The molecule has 0 radical (unpaired) electrons. The van der Waals surface area contributed by atoms with E-state index in [1.165, 1.54) is 13.3 Å². The second-order valence-corrected chi connectivity index (χ2v) is 4.91. The molecule has 2 aromatic rings. The molecular formula is C16H17N3O5. The Labute approximate surface area is 138 Å². The largest absolute Gasteiger partial charge is 0.465 e. The van der Waals surface area contributed by atoms with Crippen LogP contribution in [0.5, 0.6) is 0 Å². The molecule has 8 nitrogen and oxygen atoms in total. The molecular weight excluding hydrogens is 314 g/mol. The summed E-state index contributed by atoms with van der Waals surface area (Å²) in [5.41, 5.74) is 1.15. The summed E-state index contributed by atoms with van der Waals surface area (Å²) >= 11 is 0. The molecule has 24 heavy (non-hydrogen) atoms. The zero-order chi connectivity index (χ0) is 17.5. The van der Waals surface area contributed by atoms with E-state index in [2.05, 4.69) is 20.4 Å². The van der Waals surface area contributed by atoms with Crippen LogP contribution >= 0.6 is 0 Å². The Hall–Kier alpha value is -3.16. The summed E-state index contributed by atoms with van der Waals surface area (Å²) in [5, 5.41) is 9.96. The molecule has 0 saturated heterocycles. The number of ether oxygens (including phenoxy) is 1. The van der Waals surface area contributed by atoms with E-state index in [0.29, 0.717) is 22.7 Å². The third-order valence-electron chi connectivity index (χ3n) is 3.00. The van der Waals surface area contributed by atoms with E-state index in [9.17, 15) is 9.59 Å². The normalized spacial score (nSPS) is 12.0. The molecule has 0 bridgehead atoms. The lowest BCUT2D eigenvalue weighted by molar-refractivity contribution is -0.126. The minimum atomic E-state index is -0.812. The van der Waals surface area contributed by atoms with Crippen molar-refractivity contribution in [2.75, 3.05) is 12.4 Å². The summed E-state index contributed by atoms with van der Waals surface area (Å²) in [5.74, 6) is 0.0900. The zero-order valence-electron chi connectivity index (χ0n) is 13.5. The monoisotopic (exact) mass is 331 g/mol. The van der Waals surface area contributed by atoms with E-state index in [4.69, 9.17) is 9.36 Å². The lowest BCUT2D eigenvalue weighted by atomic mass is 10.1. The molecule has 1 heterocycles. The second kappa shape index (κ2) is 7.91. The topological polar surface area (TPSA) is 103 Å². The average Bonchev–Trinajstić information content (AvgIpc) is 2.99. The number of nitrogens with zero attached hydrogens (tertiary/aromatic N) is 2. The van der Waals surface area contributed by atoms with Crippen molar-refractivity contribution in [1.82, 2.24) is 5.16 Å². The zero-order valence-corrected chi connectivity index (χ0v) is 13.5. The van der Waals surface area contributed by atoms with Crippen LogP contribution in [0.3, 0.4) is 0 Å². The van der Waals surface area contributed by atoms with Crippen molar-refractivity contribution in [1.29, 1.82) is 0 Å². The van der Waals surface area contributed by atoms with Crippen LogP contribution in [-0.2, 0) is 14.4 Å². The first kappa shape index (κ1) is 17.2. The van der Waals surface area contributed by atoms with Crippen molar-refractivity contribution in [3.63, 3.8) is 0 Å². The fourth-order valence-corrected chi connectivity index (χ4v) is 1.71. The van der Waals surface area contributed by atoms with Gasteiger partial charge in [0.1, 0.15) is 5.76 Å². The van der Waals surface area contributed by atoms with E-state index < -0.39 is 18.0 Å². The predicted molar refractivity (Wildman–Crippen MR) is 85.8 cm³/mol. The smallest absolute Gasteiger partial charge is 0.337 e. The van der Waals surface area contributed by atoms with Gasteiger partial charge < -0.3 is 19.4 Å². The van der Waals surface area contributed by atoms with Crippen molar-refractivity contribution in [3.8, 4) is 0 Å². The number of hydrogen-bond acceptors (Lipinski definition) is 7. The van der Waals surface area contributed by atoms with Gasteiger partial charge in [-0.05, 0) is 31.5 Å². The molecule has 1 amide bonds. The van der Waals surface area contributed by atoms with Gasteiger partial charge in [-0.1, -0.05) is 22.4 Å². The number of benzene rings is 1. The van der Waals surface area contributed by atoms with E-state index in [-0.39, 0.29) is 0 Å². The van der Waals surface area contributed by atoms with E-state index in [1.54, 1.807) is 44.2 Å². The van der Waals surface area contributed by atoms with Gasteiger partial charge in [-0.25, -0.2) is 4.79 Å². The molecule has 0 aliphatic carbocycles. The number of methoxy groups -OCH3 is 1. The predicted octanol–water partition coefficient (Wildman–Crippen LogP) is 2.15. The first-order chi connectivity index (χ1) is 11.5. The number of amides is 1. The fraction of sp³-hybridized carbons (Fsp3) is 0.250. The highest BCUT2D eigenvalue weighted by atomic mass is 16.6. The Morgan fingerprint density at radius 1 is 1.33 bits per heavy atom. The second-order valence-electron chi connectivity index (χ2n) is 4.91. The van der Waals surface area contributed by atoms with E-state index >= 15 is 0 Å². The highest BCUT2D eigenvalue weighted by Gasteiger charge is 2.15. The summed E-state index contributed by atoms with van der Waals surface area (Å²) in [6, 6.07) is 8.17. The molecule has 0 aliphatic heterocycles. The summed E-state index contributed by atoms with van der Waals surface area (Å²) in [6.07, 6.45) is 0.623. The number of esters is 1. The maximum atomic E-state index is 11.9. The molecule has 0 saturated carbocycles. The minimum Gasteiger partial charge on any atom is -0.465 e. The number of rotatable bonds is 6. The lowest BCUT2D eigenvalue weighted by Crippen LogP contribution is -2.26. The first-order valence-electron chi connectivity index (χ1n) is 7.11.